The van der Waals surface area contributed by atoms with Crippen LogP contribution in [0.25, 0.3) is 0 Å². The summed E-state index contributed by atoms with van der Waals surface area (Å²) in [5.74, 6) is 3.20. The minimum Gasteiger partial charge on any atom is -0.481 e. The summed E-state index contributed by atoms with van der Waals surface area (Å²) >= 11 is 0. The lowest BCUT2D eigenvalue weighted by Crippen LogP contribution is -2.49. The summed E-state index contributed by atoms with van der Waals surface area (Å²) in [5.41, 5.74) is 1.36. The Morgan fingerprint density at radius 3 is 2.89 bits per heavy atom. The first-order valence-corrected chi connectivity index (χ1v) is 6.62. The Kier molecular flexibility index (Phi) is 3.77. The number of terminal acetylenes is 1. The number of hydrogen-bond donors (Lipinski definition) is 2. The third-order valence-corrected chi connectivity index (χ3v) is 4.53. The summed E-state index contributed by atoms with van der Waals surface area (Å²) in [5, 5.41) is 18.5. The van der Waals surface area contributed by atoms with Gasteiger partial charge in [0.25, 0.3) is 0 Å². The maximum absolute atomic E-state index is 10.5. The molecule has 2 N–H and O–H groups in total. The quantitative estimate of drug-likeness (QED) is 0.594. The summed E-state index contributed by atoms with van der Waals surface area (Å²) in [6, 6.07) is 0. The smallest absolute Gasteiger partial charge is 0.303 e. The molecule has 2 saturated carbocycles. The summed E-state index contributed by atoms with van der Waals surface area (Å²) in [7, 11) is 0. The van der Waals surface area contributed by atoms with Gasteiger partial charge in [0.05, 0.1) is 6.10 Å². The summed E-state index contributed by atoms with van der Waals surface area (Å²) < 4.78 is 0. The Labute approximate surface area is 108 Å². The van der Waals surface area contributed by atoms with Crippen molar-refractivity contribution in [2.45, 2.75) is 38.7 Å². The average molecular weight is 248 g/mol. The largest absolute Gasteiger partial charge is 0.481 e. The number of allylic oxidation sites excluding steroid dienone is 2. The van der Waals surface area contributed by atoms with Crippen LogP contribution < -0.4 is 0 Å². The van der Waals surface area contributed by atoms with Crippen LogP contribution in [-0.2, 0) is 4.79 Å². The number of rotatable bonds is 3. The van der Waals surface area contributed by atoms with Crippen LogP contribution in [0.3, 0.4) is 0 Å². The molecule has 18 heavy (non-hydrogen) atoms. The van der Waals surface area contributed by atoms with E-state index in [1.165, 1.54) is 5.57 Å². The zero-order valence-electron chi connectivity index (χ0n) is 10.7. The van der Waals surface area contributed by atoms with E-state index in [4.69, 9.17) is 11.5 Å². The third kappa shape index (κ3) is 2.18. The molecule has 2 fully saturated rings. The Bertz CT molecular complexity index is 404. The molecule has 0 bridgehead atoms. The monoisotopic (exact) mass is 248 g/mol. The van der Waals surface area contributed by atoms with Gasteiger partial charge in [-0.15, -0.1) is 12.3 Å². The molecule has 98 valence electrons. The fourth-order valence-electron chi connectivity index (χ4n) is 3.64. The molecule has 0 radical (unpaired) electrons. The molecule has 0 aromatic carbocycles. The van der Waals surface area contributed by atoms with E-state index in [9.17, 15) is 9.90 Å². The van der Waals surface area contributed by atoms with Gasteiger partial charge in [0, 0.05) is 12.3 Å². The van der Waals surface area contributed by atoms with E-state index in [-0.39, 0.29) is 18.4 Å². The Morgan fingerprint density at radius 2 is 2.28 bits per heavy atom. The molecule has 1 unspecified atom stereocenters. The minimum atomic E-state index is -0.754. The molecule has 0 heterocycles. The molecule has 0 saturated heterocycles. The van der Waals surface area contributed by atoms with E-state index in [0.29, 0.717) is 24.2 Å². The Balaban J connectivity index is 2.03. The van der Waals surface area contributed by atoms with Crippen LogP contribution in [0.15, 0.2) is 11.6 Å². The topological polar surface area (TPSA) is 57.5 Å². The maximum Gasteiger partial charge on any atom is 0.303 e. The lowest BCUT2D eigenvalue weighted by Gasteiger charge is -2.53. The SMILES string of the molecule is C#C[C@@H]1[C@H]2C(C)C(=CCCC(=O)O)[C@H]2CC[C@H]1O. The van der Waals surface area contributed by atoms with Crippen molar-refractivity contribution in [3.05, 3.63) is 11.6 Å². The van der Waals surface area contributed by atoms with Gasteiger partial charge in [0.15, 0.2) is 0 Å². The van der Waals surface area contributed by atoms with Gasteiger partial charge in [-0.3, -0.25) is 4.79 Å². The summed E-state index contributed by atoms with van der Waals surface area (Å²) in [6.45, 7) is 2.14. The van der Waals surface area contributed by atoms with E-state index in [2.05, 4.69) is 18.9 Å². The first-order valence-electron chi connectivity index (χ1n) is 6.62. The van der Waals surface area contributed by atoms with Gasteiger partial charge in [-0.2, -0.15) is 0 Å². The lowest BCUT2D eigenvalue weighted by atomic mass is 9.51. The van der Waals surface area contributed by atoms with E-state index < -0.39 is 5.97 Å². The van der Waals surface area contributed by atoms with Crippen LogP contribution in [0.5, 0.6) is 0 Å². The zero-order chi connectivity index (χ0) is 13.3. The highest BCUT2D eigenvalue weighted by Crippen LogP contribution is 2.55. The molecule has 3 heteroatoms. The number of aliphatic carboxylic acids is 1. The van der Waals surface area contributed by atoms with Gasteiger partial charge >= 0.3 is 5.97 Å². The summed E-state index contributed by atoms with van der Waals surface area (Å²) in [4.78, 5) is 10.5. The van der Waals surface area contributed by atoms with Crippen LogP contribution in [0, 0.1) is 36.0 Å². The molecule has 0 aromatic heterocycles. The number of aliphatic hydroxyl groups is 1. The number of carbonyl (C=O) groups is 1. The number of carboxylic acid groups (broad SMARTS) is 1. The van der Waals surface area contributed by atoms with Crippen molar-refractivity contribution in [3.63, 3.8) is 0 Å². The van der Waals surface area contributed by atoms with Gasteiger partial charge < -0.3 is 10.2 Å². The first-order chi connectivity index (χ1) is 8.56. The van der Waals surface area contributed by atoms with Crippen LogP contribution in [0.1, 0.15) is 32.6 Å². The van der Waals surface area contributed by atoms with Crippen LogP contribution in [-0.4, -0.2) is 22.3 Å². The predicted molar refractivity (Wildman–Crippen MR) is 68.7 cm³/mol. The fourth-order valence-corrected chi connectivity index (χ4v) is 3.64. The van der Waals surface area contributed by atoms with Crippen LogP contribution in [0.4, 0.5) is 0 Å². The second-order valence-electron chi connectivity index (χ2n) is 5.45. The normalized spacial score (nSPS) is 40.7. The number of carboxylic acids is 1. The maximum atomic E-state index is 10.5. The number of fused-ring (bicyclic) bond motifs is 1. The molecule has 3 nitrogen and oxygen atoms in total. The van der Waals surface area contributed by atoms with Crippen molar-refractivity contribution in [2.24, 2.45) is 23.7 Å². The van der Waals surface area contributed by atoms with Crippen molar-refractivity contribution >= 4 is 5.97 Å². The number of hydrogen-bond acceptors (Lipinski definition) is 2. The highest BCUT2D eigenvalue weighted by molar-refractivity contribution is 5.66. The summed E-state index contributed by atoms with van der Waals surface area (Å²) in [6.07, 6.45) is 9.76. The van der Waals surface area contributed by atoms with Crippen molar-refractivity contribution in [1.29, 1.82) is 0 Å². The van der Waals surface area contributed by atoms with Crippen molar-refractivity contribution in [2.75, 3.05) is 0 Å². The van der Waals surface area contributed by atoms with Gasteiger partial charge in [0.2, 0.25) is 0 Å². The van der Waals surface area contributed by atoms with Gasteiger partial charge in [-0.25, -0.2) is 0 Å². The molecule has 2 aliphatic rings. The van der Waals surface area contributed by atoms with E-state index >= 15 is 0 Å². The van der Waals surface area contributed by atoms with E-state index in [1.54, 1.807) is 0 Å². The van der Waals surface area contributed by atoms with Gasteiger partial charge in [-0.1, -0.05) is 18.6 Å². The van der Waals surface area contributed by atoms with Crippen LogP contribution in [0.2, 0.25) is 0 Å². The minimum absolute atomic E-state index is 0.0321. The van der Waals surface area contributed by atoms with Crippen molar-refractivity contribution in [1.82, 2.24) is 0 Å². The van der Waals surface area contributed by atoms with E-state index in [0.717, 1.165) is 12.8 Å². The predicted octanol–water partition coefficient (Wildman–Crippen LogP) is 2.06. The average Bonchev–Trinajstić information content (AvgIpc) is 2.34. The highest BCUT2D eigenvalue weighted by Gasteiger charge is 2.50. The molecule has 0 spiro atoms. The molecule has 0 aromatic rings. The standard InChI is InChI=1S/C15H20O3/c1-3-10-13(16)8-7-12-11(9(2)15(10)12)5-4-6-14(17)18/h1,5,9-10,12-13,15-16H,4,6-8H2,2H3,(H,17,18)/t9?,10-,12+,13+,15+/m0/s1. The molecule has 5 atom stereocenters. The Hall–Kier alpha value is -1.27. The second-order valence-corrected chi connectivity index (χ2v) is 5.45. The van der Waals surface area contributed by atoms with Crippen LogP contribution >= 0.6 is 0 Å². The van der Waals surface area contributed by atoms with E-state index in [1.807, 2.05) is 0 Å². The molecular weight excluding hydrogens is 228 g/mol. The molecule has 2 rings (SSSR count). The molecule has 2 aliphatic carbocycles. The molecular formula is C15H20O3. The highest BCUT2D eigenvalue weighted by atomic mass is 16.4. The number of aliphatic hydroxyl groups excluding tert-OH is 1. The zero-order valence-corrected chi connectivity index (χ0v) is 10.7. The van der Waals surface area contributed by atoms with Gasteiger partial charge in [-0.05, 0) is 37.0 Å². The van der Waals surface area contributed by atoms with Crippen molar-refractivity contribution in [3.8, 4) is 12.3 Å². The first kappa shape index (κ1) is 13.2. The lowest BCUT2D eigenvalue weighted by molar-refractivity contribution is -0.136. The Morgan fingerprint density at radius 1 is 1.56 bits per heavy atom. The molecule has 0 aliphatic heterocycles. The third-order valence-electron chi connectivity index (χ3n) is 4.53. The van der Waals surface area contributed by atoms with Gasteiger partial charge in [0.1, 0.15) is 0 Å². The van der Waals surface area contributed by atoms with Crippen molar-refractivity contribution < 1.29 is 15.0 Å². The molecule has 0 amide bonds. The second kappa shape index (κ2) is 5.16. The fraction of sp³-hybridized carbons (Fsp3) is 0.667.